The van der Waals surface area contributed by atoms with Crippen molar-refractivity contribution in [2.24, 2.45) is 0 Å². The Labute approximate surface area is 128 Å². The molecule has 7 heteroatoms. The summed E-state index contributed by atoms with van der Waals surface area (Å²) in [6.45, 7) is 5.87. The molecule has 0 saturated carbocycles. The number of nitrogens with zero attached hydrogens (tertiary/aromatic N) is 3. The number of rotatable bonds is 2. The molecule has 0 aromatic heterocycles. The number of carbonyl (C=O) groups is 1. The molecule has 0 radical (unpaired) electrons. The molecule has 1 aliphatic heterocycles. The topological polar surface area (TPSA) is 66.7 Å². The Hall–Kier alpha value is -1.66. The number of nitro benzene ring substituents is 1. The van der Waals surface area contributed by atoms with Crippen molar-refractivity contribution in [3.63, 3.8) is 0 Å². The number of para-hydroxylation sites is 1. The van der Waals surface area contributed by atoms with Crippen LogP contribution >= 0.6 is 11.6 Å². The first-order chi connectivity index (χ1) is 9.74. The summed E-state index contributed by atoms with van der Waals surface area (Å²) in [7, 11) is 2.00. The molecule has 1 amide bonds. The van der Waals surface area contributed by atoms with Crippen molar-refractivity contribution in [1.29, 1.82) is 0 Å². The van der Waals surface area contributed by atoms with Gasteiger partial charge in [-0.2, -0.15) is 0 Å². The number of amides is 1. The second-order valence-electron chi connectivity index (χ2n) is 5.85. The molecule has 0 spiro atoms. The van der Waals surface area contributed by atoms with Gasteiger partial charge >= 0.3 is 5.69 Å². The van der Waals surface area contributed by atoms with Gasteiger partial charge in [-0.05, 0) is 33.0 Å². The second kappa shape index (κ2) is 5.61. The minimum Gasteiger partial charge on any atom is -0.335 e. The van der Waals surface area contributed by atoms with Gasteiger partial charge in [-0.15, -0.1) is 0 Å². The van der Waals surface area contributed by atoms with E-state index in [0.717, 1.165) is 6.54 Å². The van der Waals surface area contributed by atoms with Gasteiger partial charge in [0.1, 0.15) is 10.6 Å². The van der Waals surface area contributed by atoms with Crippen LogP contribution < -0.4 is 0 Å². The van der Waals surface area contributed by atoms with Crippen LogP contribution in [0.5, 0.6) is 0 Å². The smallest absolute Gasteiger partial charge is 0.300 e. The van der Waals surface area contributed by atoms with E-state index in [1.165, 1.54) is 12.1 Å². The van der Waals surface area contributed by atoms with E-state index in [9.17, 15) is 14.9 Å². The standard InChI is InChI=1S/C14H18ClN3O3/c1-14(2)9-17(8-7-16(14)3)13(19)10-5-4-6-11(15)12(10)18(20)21/h4-6H,7-9H2,1-3H3. The van der Waals surface area contributed by atoms with Crippen LogP contribution in [0.25, 0.3) is 0 Å². The average molecular weight is 312 g/mol. The van der Waals surface area contributed by atoms with E-state index >= 15 is 0 Å². The Bertz CT molecular complexity index is 589. The SMILES string of the molecule is CN1CCN(C(=O)c2cccc(Cl)c2[N+](=O)[O-])CC1(C)C. The fraction of sp³-hybridized carbons (Fsp3) is 0.500. The van der Waals surface area contributed by atoms with E-state index in [1.807, 2.05) is 20.9 Å². The molecule has 1 heterocycles. The molecule has 2 rings (SSSR count). The number of piperazine rings is 1. The zero-order valence-electron chi connectivity index (χ0n) is 12.3. The maximum absolute atomic E-state index is 12.6. The van der Waals surface area contributed by atoms with Gasteiger partial charge in [-0.3, -0.25) is 19.8 Å². The monoisotopic (exact) mass is 311 g/mol. The summed E-state index contributed by atoms with van der Waals surface area (Å²) in [5, 5.41) is 11.1. The van der Waals surface area contributed by atoms with Crippen molar-refractivity contribution in [3.8, 4) is 0 Å². The van der Waals surface area contributed by atoms with Crippen LogP contribution in [0.1, 0.15) is 24.2 Å². The maximum Gasteiger partial charge on any atom is 0.300 e. The normalized spacial score (nSPS) is 18.6. The van der Waals surface area contributed by atoms with E-state index in [-0.39, 0.29) is 27.7 Å². The van der Waals surface area contributed by atoms with Crippen LogP contribution in [0.3, 0.4) is 0 Å². The molecule has 21 heavy (non-hydrogen) atoms. The minimum atomic E-state index is -0.600. The van der Waals surface area contributed by atoms with Crippen LogP contribution in [-0.2, 0) is 0 Å². The minimum absolute atomic E-state index is 0.0146. The molecular formula is C14H18ClN3O3. The molecule has 0 aliphatic carbocycles. The number of likely N-dealkylation sites (N-methyl/N-ethyl adjacent to an activating group) is 1. The summed E-state index contributed by atoms with van der Waals surface area (Å²) >= 11 is 5.87. The van der Waals surface area contributed by atoms with Gasteiger partial charge in [0.2, 0.25) is 0 Å². The molecule has 0 bridgehead atoms. The first-order valence-corrected chi connectivity index (χ1v) is 7.05. The van der Waals surface area contributed by atoms with Gasteiger partial charge in [0.05, 0.1) is 4.92 Å². The number of carbonyl (C=O) groups excluding carboxylic acids is 1. The molecule has 0 atom stereocenters. The molecule has 1 aromatic rings. The second-order valence-corrected chi connectivity index (χ2v) is 6.26. The first kappa shape index (κ1) is 15.7. The molecule has 1 aliphatic rings. The van der Waals surface area contributed by atoms with Gasteiger partial charge in [0.15, 0.2) is 0 Å². The van der Waals surface area contributed by atoms with Crippen LogP contribution in [0.2, 0.25) is 5.02 Å². The third-order valence-electron chi connectivity index (χ3n) is 4.00. The highest BCUT2D eigenvalue weighted by Gasteiger charge is 2.35. The van der Waals surface area contributed by atoms with Gasteiger partial charge in [0, 0.05) is 25.2 Å². The lowest BCUT2D eigenvalue weighted by molar-refractivity contribution is -0.385. The average Bonchev–Trinajstić information content (AvgIpc) is 2.40. The Kier molecular flexibility index (Phi) is 4.20. The summed E-state index contributed by atoms with van der Waals surface area (Å²) in [4.78, 5) is 27.0. The summed E-state index contributed by atoms with van der Waals surface area (Å²) in [6, 6.07) is 4.44. The number of benzene rings is 1. The van der Waals surface area contributed by atoms with Gasteiger partial charge in [-0.1, -0.05) is 17.7 Å². The lowest BCUT2D eigenvalue weighted by Crippen LogP contribution is -2.58. The van der Waals surface area contributed by atoms with Crippen molar-refractivity contribution in [3.05, 3.63) is 38.9 Å². The Morgan fingerprint density at radius 3 is 2.62 bits per heavy atom. The van der Waals surface area contributed by atoms with Crippen molar-refractivity contribution in [1.82, 2.24) is 9.80 Å². The van der Waals surface area contributed by atoms with E-state index in [1.54, 1.807) is 11.0 Å². The lowest BCUT2D eigenvalue weighted by Gasteiger charge is -2.45. The predicted molar refractivity (Wildman–Crippen MR) is 80.7 cm³/mol. The van der Waals surface area contributed by atoms with Gasteiger partial charge in [0.25, 0.3) is 5.91 Å². The summed E-state index contributed by atoms with van der Waals surface area (Å²) in [6.07, 6.45) is 0. The third kappa shape index (κ3) is 3.01. The molecular weight excluding hydrogens is 294 g/mol. The predicted octanol–water partition coefficient (Wildman–Crippen LogP) is 2.41. The van der Waals surface area contributed by atoms with Crippen LogP contribution in [0.15, 0.2) is 18.2 Å². The molecule has 0 N–H and O–H groups in total. The molecule has 1 aromatic carbocycles. The summed E-state index contributed by atoms with van der Waals surface area (Å²) < 4.78 is 0. The van der Waals surface area contributed by atoms with Gasteiger partial charge in [-0.25, -0.2) is 0 Å². The van der Waals surface area contributed by atoms with E-state index < -0.39 is 4.92 Å². The summed E-state index contributed by atoms with van der Waals surface area (Å²) in [5.41, 5.74) is -0.435. The largest absolute Gasteiger partial charge is 0.335 e. The van der Waals surface area contributed by atoms with Crippen molar-refractivity contribution < 1.29 is 9.72 Å². The highest BCUT2D eigenvalue weighted by atomic mass is 35.5. The molecule has 114 valence electrons. The van der Waals surface area contributed by atoms with Crippen molar-refractivity contribution in [2.75, 3.05) is 26.7 Å². The molecule has 1 saturated heterocycles. The summed E-state index contributed by atoms with van der Waals surface area (Å²) in [5.74, 6) is -0.342. The number of hydrogen-bond acceptors (Lipinski definition) is 4. The maximum atomic E-state index is 12.6. The van der Waals surface area contributed by atoms with Crippen molar-refractivity contribution >= 4 is 23.2 Å². The van der Waals surface area contributed by atoms with Crippen LogP contribution in [0.4, 0.5) is 5.69 Å². The third-order valence-corrected chi connectivity index (χ3v) is 4.31. The number of nitro groups is 1. The zero-order chi connectivity index (χ0) is 15.8. The Balaban J connectivity index is 2.34. The van der Waals surface area contributed by atoms with Crippen LogP contribution in [0, 0.1) is 10.1 Å². The highest BCUT2D eigenvalue weighted by Crippen LogP contribution is 2.30. The van der Waals surface area contributed by atoms with Crippen molar-refractivity contribution in [2.45, 2.75) is 19.4 Å². The fourth-order valence-corrected chi connectivity index (χ4v) is 2.70. The zero-order valence-corrected chi connectivity index (χ0v) is 13.1. The quantitative estimate of drug-likeness (QED) is 0.621. The van der Waals surface area contributed by atoms with E-state index in [2.05, 4.69) is 4.90 Å². The van der Waals surface area contributed by atoms with E-state index in [4.69, 9.17) is 11.6 Å². The molecule has 6 nitrogen and oxygen atoms in total. The van der Waals surface area contributed by atoms with E-state index in [0.29, 0.717) is 13.1 Å². The highest BCUT2D eigenvalue weighted by molar-refractivity contribution is 6.33. The number of halogens is 1. The fourth-order valence-electron chi connectivity index (χ4n) is 2.46. The number of hydrogen-bond donors (Lipinski definition) is 0. The molecule has 1 fully saturated rings. The Morgan fingerprint density at radius 2 is 2.05 bits per heavy atom. The Morgan fingerprint density at radius 1 is 1.38 bits per heavy atom. The first-order valence-electron chi connectivity index (χ1n) is 6.67. The molecule has 0 unspecified atom stereocenters. The van der Waals surface area contributed by atoms with Gasteiger partial charge < -0.3 is 4.90 Å². The van der Waals surface area contributed by atoms with Crippen LogP contribution in [-0.4, -0.2) is 52.9 Å². The lowest BCUT2D eigenvalue weighted by atomic mass is 9.99.